The molecule has 2 aromatic rings. The van der Waals surface area contributed by atoms with E-state index in [0.29, 0.717) is 5.75 Å². The summed E-state index contributed by atoms with van der Waals surface area (Å²) in [4.78, 5) is 60.8. The number of ether oxygens (including phenoxy) is 2. The molecule has 1 aliphatic heterocycles. The van der Waals surface area contributed by atoms with Crippen LogP contribution in [0.2, 0.25) is 0 Å². The predicted octanol–water partition coefficient (Wildman–Crippen LogP) is 3.73. The molecule has 0 radical (unpaired) electrons. The van der Waals surface area contributed by atoms with Gasteiger partial charge < -0.3 is 35.0 Å². The van der Waals surface area contributed by atoms with E-state index in [1.165, 1.54) is 11.0 Å². The van der Waals surface area contributed by atoms with E-state index in [9.17, 15) is 24.3 Å². The van der Waals surface area contributed by atoms with Crippen LogP contribution in [0.25, 0.3) is 10.9 Å². The van der Waals surface area contributed by atoms with Crippen molar-refractivity contribution < 1.29 is 33.8 Å². The Balaban J connectivity index is 1.65. The molecule has 0 spiro atoms. The highest BCUT2D eigenvalue weighted by Crippen LogP contribution is 2.45. The van der Waals surface area contributed by atoms with E-state index < -0.39 is 64.5 Å². The molecule has 1 aromatic heterocycles. The molecule has 1 aliphatic carbocycles. The lowest BCUT2D eigenvalue weighted by Gasteiger charge is -2.35. The molecule has 1 saturated heterocycles. The summed E-state index contributed by atoms with van der Waals surface area (Å²) >= 11 is 0. The van der Waals surface area contributed by atoms with Crippen LogP contribution in [0.3, 0.4) is 0 Å². The number of carboxylic acids is 1. The van der Waals surface area contributed by atoms with Crippen LogP contribution in [0.1, 0.15) is 54.4 Å². The van der Waals surface area contributed by atoms with Crippen LogP contribution in [0, 0.1) is 11.3 Å². The van der Waals surface area contributed by atoms with Gasteiger partial charge in [0, 0.05) is 43.7 Å². The maximum atomic E-state index is 14.2. The van der Waals surface area contributed by atoms with Crippen molar-refractivity contribution in [1.82, 2.24) is 20.5 Å². The van der Waals surface area contributed by atoms with Crippen LogP contribution in [0.15, 0.2) is 43.1 Å². The van der Waals surface area contributed by atoms with Crippen molar-refractivity contribution in [2.45, 2.75) is 83.7 Å². The normalized spacial score (nSPS) is 23.6. The number of hydrogen-bond donors (Lipinski definition) is 3. The fourth-order valence-electron chi connectivity index (χ4n) is 5.60. The van der Waals surface area contributed by atoms with E-state index in [2.05, 4.69) is 22.2 Å². The lowest BCUT2D eigenvalue weighted by atomic mass is 9.85. The highest BCUT2D eigenvalue weighted by Gasteiger charge is 2.61. The standard InChI is InChI=1S/C33H45N5O7/c1-10-19-17-33(19,29(41)42)36-27(39)24-16-21(44-25-13-14-34-23-15-20(37(8)9)11-12-22(23)25)18-38(24)28(40)26(31(2,3)4)35-30(43)45-32(5,6)7/h10-15,19,21,24,26H,1,16-18H2,2-9H3,(H,35,43)(H,36,39)(H,41,42)/t19-,21+,24-,26+,33?/m0/s1. The molecule has 3 N–H and O–H groups in total. The Bertz CT molecular complexity index is 1490. The Morgan fingerprint density at radius 2 is 1.84 bits per heavy atom. The fraction of sp³-hybridized carbons (Fsp3) is 0.545. The zero-order chi connectivity index (χ0) is 33.5. The van der Waals surface area contributed by atoms with Crippen LogP contribution >= 0.6 is 0 Å². The molecule has 2 heterocycles. The molecule has 2 aliphatic rings. The summed E-state index contributed by atoms with van der Waals surface area (Å²) in [7, 11) is 3.87. The molecule has 1 saturated carbocycles. The molecule has 0 bridgehead atoms. The minimum atomic E-state index is -1.48. The Morgan fingerprint density at radius 1 is 1.16 bits per heavy atom. The molecule has 12 heteroatoms. The van der Waals surface area contributed by atoms with Gasteiger partial charge in [-0.25, -0.2) is 9.59 Å². The van der Waals surface area contributed by atoms with E-state index in [4.69, 9.17) is 9.47 Å². The van der Waals surface area contributed by atoms with Gasteiger partial charge in [-0.05, 0) is 56.9 Å². The summed E-state index contributed by atoms with van der Waals surface area (Å²) in [5.41, 5.74) is -1.33. The van der Waals surface area contributed by atoms with Gasteiger partial charge in [-0.15, -0.1) is 6.58 Å². The van der Waals surface area contributed by atoms with Crippen molar-refractivity contribution in [1.29, 1.82) is 0 Å². The molecular formula is C33H45N5O7. The average molecular weight is 624 g/mol. The summed E-state index contributed by atoms with van der Waals surface area (Å²) in [5, 5.41) is 16.1. The van der Waals surface area contributed by atoms with Gasteiger partial charge in [-0.3, -0.25) is 14.6 Å². The summed E-state index contributed by atoms with van der Waals surface area (Å²) in [6, 6.07) is 5.43. The zero-order valence-electron chi connectivity index (χ0n) is 27.3. The number of nitrogens with one attached hydrogen (secondary N) is 2. The number of carbonyl (C=O) groups excluding carboxylic acids is 3. The molecule has 1 unspecified atom stereocenters. The first kappa shape index (κ1) is 33.5. The number of anilines is 1. The molecule has 5 atom stereocenters. The predicted molar refractivity (Wildman–Crippen MR) is 170 cm³/mol. The minimum absolute atomic E-state index is 0.0318. The summed E-state index contributed by atoms with van der Waals surface area (Å²) in [5.74, 6) is -2.16. The highest BCUT2D eigenvalue weighted by atomic mass is 16.6. The average Bonchev–Trinajstić information content (AvgIpc) is 3.49. The van der Waals surface area contributed by atoms with Crippen molar-refractivity contribution in [3.05, 3.63) is 43.1 Å². The van der Waals surface area contributed by atoms with Crippen molar-refractivity contribution >= 4 is 40.5 Å². The van der Waals surface area contributed by atoms with Crippen molar-refractivity contribution in [2.75, 3.05) is 25.5 Å². The van der Waals surface area contributed by atoms with Crippen LogP contribution in [0.4, 0.5) is 10.5 Å². The van der Waals surface area contributed by atoms with Gasteiger partial charge in [-0.1, -0.05) is 26.8 Å². The van der Waals surface area contributed by atoms with Crippen molar-refractivity contribution in [3.8, 4) is 5.75 Å². The fourth-order valence-corrected chi connectivity index (χ4v) is 5.60. The van der Waals surface area contributed by atoms with Crippen LogP contribution in [-0.2, 0) is 19.1 Å². The van der Waals surface area contributed by atoms with Gasteiger partial charge in [0.25, 0.3) is 0 Å². The number of pyridine rings is 1. The second kappa shape index (κ2) is 12.2. The van der Waals surface area contributed by atoms with Gasteiger partial charge in [0.2, 0.25) is 11.8 Å². The number of alkyl carbamates (subject to hydrolysis) is 1. The number of nitrogens with zero attached hydrogens (tertiary/aromatic N) is 3. The van der Waals surface area contributed by atoms with Gasteiger partial charge in [0.15, 0.2) is 0 Å². The quantitative estimate of drug-likeness (QED) is 0.355. The number of hydrogen-bond acceptors (Lipinski definition) is 8. The van der Waals surface area contributed by atoms with Crippen LogP contribution in [0.5, 0.6) is 5.75 Å². The van der Waals surface area contributed by atoms with E-state index >= 15 is 0 Å². The van der Waals surface area contributed by atoms with E-state index in [1.54, 1.807) is 53.8 Å². The number of aromatic nitrogens is 1. The Kier molecular flexibility index (Phi) is 9.10. The first-order valence-corrected chi connectivity index (χ1v) is 15.1. The third kappa shape index (κ3) is 7.32. The maximum Gasteiger partial charge on any atom is 0.408 e. The first-order valence-electron chi connectivity index (χ1n) is 15.1. The van der Waals surface area contributed by atoms with Crippen LogP contribution < -0.4 is 20.3 Å². The minimum Gasteiger partial charge on any atom is -0.488 e. The third-order valence-electron chi connectivity index (χ3n) is 8.15. The van der Waals surface area contributed by atoms with Crippen molar-refractivity contribution in [3.63, 3.8) is 0 Å². The number of likely N-dealkylation sites (tertiary alicyclic amines) is 1. The first-order chi connectivity index (χ1) is 20.9. The third-order valence-corrected chi connectivity index (χ3v) is 8.15. The molecule has 45 heavy (non-hydrogen) atoms. The molecule has 244 valence electrons. The van der Waals surface area contributed by atoms with E-state index in [1.807, 2.05) is 37.2 Å². The van der Waals surface area contributed by atoms with E-state index in [0.717, 1.165) is 16.6 Å². The maximum absolute atomic E-state index is 14.2. The Labute approximate surface area is 264 Å². The summed E-state index contributed by atoms with van der Waals surface area (Å²) in [6.45, 7) is 14.3. The SMILES string of the molecule is C=C[C@H]1CC1(NC(=O)[C@@H]1C[C@@H](Oc2ccnc3cc(N(C)C)ccc23)CN1C(=O)[C@@H](NC(=O)OC(C)(C)C)C(C)(C)C)C(=O)O. The topological polar surface area (TPSA) is 150 Å². The number of amides is 3. The Morgan fingerprint density at radius 3 is 2.40 bits per heavy atom. The largest absolute Gasteiger partial charge is 0.488 e. The molecule has 12 nitrogen and oxygen atoms in total. The second-order valence-corrected chi connectivity index (χ2v) is 14.1. The molecule has 3 amide bonds. The second-order valence-electron chi connectivity index (χ2n) is 14.1. The van der Waals surface area contributed by atoms with E-state index in [-0.39, 0.29) is 19.4 Å². The molecule has 4 rings (SSSR count). The lowest BCUT2D eigenvalue weighted by Crippen LogP contribution is -2.59. The Hall–Kier alpha value is -4.35. The summed E-state index contributed by atoms with van der Waals surface area (Å²) in [6.07, 6.45) is 2.09. The smallest absolute Gasteiger partial charge is 0.408 e. The van der Waals surface area contributed by atoms with Gasteiger partial charge in [-0.2, -0.15) is 0 Å². The lowest BCUT2D eigenvalue weighted by molar-refractivity contribution is -0.146. The highest BCUT2D eigenvalue weighted by molar-refractivity contribution is 5.96. The van der Waals surface area contributed by atoms with Gasteiger partial charge in [0.05, 0.1) is 12.1 Å². The van der Waals surface area contributed by atoms with Gasteiger partial charge in [0.1, 0.15) is 35.1 Å². The molecular weight excluding hydrogens is 578 g/mol. The number of rotatable bonds is 9. The number of aliphatic carboxylic acids is 1. The zero-order valence-corrected chi connectivity index (χ0v) is 27.3. The molecule has 2 fully saturated rings. The number of fused-ring (bicyclic) bond motifs is 1. The number of carbonyl (C=O) groups is 4. The van der Waals surface area contributed by atoms with Crippen LogP contribution in [-0.4, -0.2) is 88.8 Å². The monoisotopic (exact) mass is 623 g/mol. The van der Waals surface area contributed by atoms with Gasteiger partial charge >= 0.3 is 12.1 Å². The number of carboxylic acid groups (broad SMARTS) is 1. The van der Waals surface area contributed by atoms with Crippen molar-refractivity contribution in [2.24, 2.45) is 11.3 Å². The number of benzene rings is 1. The summed E-state index contributed by atoms with van der Waals surface area (Å²) < 4.78 is 11.9. The molecule has 1 aromatic carbocycles.